The lowest BCUT2D eigenvalue weighted by Gasteiger charge is -2.35. The monoisotopic (exact) mass is 254 g/mol. The molecule has 0 aromatic heterocycles. The van der Waals surface area contributed by atoms with E-state index in [1.807, 2.05) is 0 Å². The molecule has 1 heterocycles. The number of hydrogen-bond donors (Lipinski definition) is 1. The maximum absolute atomic E-state index is 11.8. The Balaban J connectivity index is 2.21. The molecule has 0 radical (unpaired) electrons. The first-order valence-corrected chi connectivity index (χ1v) is 6.22. The molecule has 1 aliphatic heterocycles. The van der Waals surface area contributed by atoms with E-state index in [9.17, 15) is 14.7 Å². The lowest BCUT2D eigenvalue weighted by Crippen LogP contribution is -2.38. The molecule has 1 N–H and O–H groups in total. The molecule has 2 rings (SSSR count). The number of rotatable bonds is 2. The van der Waals surface area contributed by atoms with Gasteiger partial charge in [-0.15, -0.1) is 0 Å². The van der Waals surface area contributed by atoms with E-state index in [0.29, 0.717) is 19.6 Å². The predicted molar refractivity (Wildman–Crippen MR) is 62.9 cm³/mol. The van der Waals surface area contributed by atoms with Gasteiger partial charge in [-0.3, -0.25) is 9.59 Å². The van der Waals surface area contributed by atoms with Crippen LogP contribution in [0.3, 0.4) is 0 Å². The average molecular weight is 254 g/mol. The van der Waals surface area contributed by atoms with Crippen LogP contribution >= 0.6 is 0 Å². The van der Waals surface area contributed by atoms with Crippen LogP contribution in [0.15, 0.2) is 11.8 Å². The fourth-order valence-electron chi connectivity index (χ4n) is 2.89. The lowest BCUT2D eigenvalue weighted by atomic mass is 9.71. The van der Waals surface area contributed by atoms with Crippen LogP contribution in [0.1, 0.15) is 19.3 Å². The number of aliphatic hydroxyl groups is 1. The second kappa shape index (κ2) is 5.52. The molecule has 5 heteroatoms. The van der Waals surface area contributed by atoms with E-state index >= 15 is 0 Å². The molecule has 100 valence electrons. The number of allylic oxidation sites excluding steroid dienone is 1. The van der Waals surface area contributed by atoms with Crippen molar-refractivity contribution in [3.8, 4) is 0 Å². The zero-order chi connectivity index (χ0) is 13.1. The molecule has 0 aromatic rings. The highest BCUT2D eigenvalue weighted by atomic mass is 16.5. The van der Waals surface area contributed by atoms with Crippen LogP contribution in [0.5, 0.6) is 0 Å². The summed E-state index contributed by atoms with van der Waals surface area (Å²) >= 11 is 0. The second-order valence-electron chi connectivity index (χ2n) is 4.85. The number of carbonyl (C=O) groups excluding carboxylic acids is 2. The standard InChI is InChI=1S/C13H18O5/c1-17-13(16)12-10(6-9(14)7-11(12)15)8-2-4-18-5-3-8/h7-8,10,12,15H,2-6H2,1H3. The Morgan fingerprint density at radius 3 is 2.72 bits per heavy atom. The van der Waals surface area contributed by atoms with Crippen LogP contribution in [-0.4, -0.2) is 37.2 Å². The molecule has 0 saturated carbocycles. The molecular weight excluding hydrogens is 236 g/mol. The third kappa shape index (κ3) is 2.56. The fraction of sp³-hybridized carbons (Fsp3) is 0.692. The van der Waals surface area contributed by atoms with E-state index < -0.39 is 11.9 Å². The Bertz CT molecular complexity index is 368. The SMILES string of the molecule is COC(=O)C1C(O)=CC(=O)CC1C1CCOCC1. The number of carbonyl (C=O) groups is 2. The van der Waals surface area contributed by atoms with Crippen molar-refractivity contribution in [3.63, 3.8) is 0 Å². The highest BCUT2D eigenvalue weighted by Crippen LogP contribution is 2.38. The summed E-state index contributed by atoms with van der Waals surface area (Å²) in [5.74, 6) is -1.39. The van der Waals surface area contributed by atoms with Gasteiger partial charge in [-0.25, -0.2) is 0 Å². The molecule has 2 atom stereocenters. The van der Waals surface area contributed by atoms with Gasteiger partial charge < -0.3 is 14.6 Å². The van der Waals surface area contributed by atoms with Crippen LogP contribution in [0.2, 0.25) is 0 Å². The third-order valence-corrected chi connectivity index (χ3v) is 3.82. The molecule has 0 amide bonds. The van der Waals surface area contributed by atoms with Gasteiger partial charge in [0, 0.05) is 25.7 Å². The minimum Gasteiger partial charge on any atom is -0.511 e. The number of aliphatic hydroxyl groups excluding tert-OH is 1. The smallest absolute Gasteiger partial charge is 0.316 e. The van der Waals surface area contributed by atoms with Crippen molar-refractivity contribution in [3.05, 3.63) is 11.8 Å². The quantitative estimate of drug-likeness (QED) is 0.750. The summed E-state index contributed by atoms with van der Waals surface area (Å²) in [6.45, 7) is 1.29. The summed E-state index contributed by atoms with van der Waals surface area (Å²) in [6.07, 6.45) is 3.09. The maximum atomic E-state index is 11.8. The third-order valence-electron chi connectivity index (χ3n) is 3.82. The van der Waals surface area contributed by atoms with Crippen molar-refractivity contribution in [1.29, 1.82) is 0 Å². The zero-order valence-corrected chi connectivity index (χ0v) is 10.4. The molecule has 5 nitrogen and oxygen atoms in total. The summed E-state index contributed by atoms with van der Waals surface area (Å²) in [5, 5.41) is 9.85. The molecule has 1 fully saturated rings. The normalized spacial score (nSPS) is 29.8. The number of methoxy groups -OCH3 is 1. The van der Waals surface area contributed by atoms with Gasteiger partial charge in [0.25, 0.3) is 0 Å². The molecule has 0 aromatic carbocycles. The lowest BCUT2D eigenvalue weighted by molar-refractivity contribution is -0.149. The van der Waals surface area contributed by atoms with Crippen molar-refractivity contribution in [2.45, 2.75) is 19.3 Å². The van der Waals surface area contributed by atoms with Gasteiger partial charge in [-0.2, -0.15) is 0 Å². The first kappa shape index (κ1) is 13.1. The summed E-state index contributed by atoms with van der Waals surface area (Å²) in [7, 11) is 1.30. The largest absolute Gasteiger partial charge is 0.511 e. The van der Waals surface area contributed by atoms with Crippen LogP contribution in [0.25, 0.3) is 0 Å². The fourth-order valence-corrected chi connectivity index (χ4v) is 2.89. The number of hydrogen-bond acceptors (Lipinski definition) is 5. The van der Waals surface area contributed by atoms with Gasteiger partial charge in [0.2, 0.25) is 0 Å². The van der Waals surface area contributed by atoms with Crippen molar-refractivity contribution in [1.82, 2.24) is 0 Å². The minimum absolute atomic E-state index is 0.121. The van der Waals surface area contributed by atoms with Crippen LogP contribution < -0.4 is 0 Å². The Labute approximate surface area is 106 Å². The van der Waals surface area contributed by atoms with E-state index in [-0.39, 0.29) is 23.4 Å². The number of esters is 1. The van der Waals surface area contributed by atoms with Gasteiger partial charge in [0.05, 0.1) is 7.11 Å². The molecule has 2 unspecified atom stereocenters. The zero-order valence-electron chi connectivity index (χ0n) is 10.4. The van der Waals surface area contributed by atoms with E-state index in [4.69, 9.17) is 9.47 Å². The second-order valence-corrected chi connectivity index (χ2v) is 4.85. The van der Waals surface area contributed by atoms with Gasteiger partial charge >= 0.3 is 5.97 Å². The molecule has 18 heavy (non-hydrogen) atoms. The van der Waals surface area contributed by atoms with Crippen LogP contribution in [0.4, 0.5) is 0 Å². The topological polar surface area (TPSA) is 72.8 Å². The van der Waals surface area contributed by atoms with Crippen molar-refractivity contribution < 1.29 is 24.2 Å². The molecule has 1 saturated heterocycles. The molecule has 1 aliphatic carbocycles. The Hall–Kier alpha value is -1.36. The van der Waals surface area contributed by atoms with Gasteiger partial charge in [0.15, 0.2) is 5.78 Å². The van der Waals surface area contributed by atoms with Crippen LogP contribution in [-0.2, 0) is 19.1 Å². The highest BCUT2D eigenvalue weighted by Gasteiger charge is 2.42. The van der Waals surface area contributed by atoms with Crippen LogP contribution in [0, 0.1) is 17.8 Å². The molecule has 0 bridgehead atoms. The van der Waals surface area contributed by atoms with Gasteiger partial charge in [-0.1, -0.05) is 0 Å². The van der Waals surface area contributed by atoms with E-state index in [2.05, 4.69) is 0 Å². The number of ether oxygens (including phenoxy) is 2. The number of ketones is 1. The minimum atomic E-state index is -0.698. The first-order chi connectivity index (χ1) is 8.63. The van der Waals surface area contributed by atoms with E-state index in [1.165, 1.54) is 7.11 Å². The van der Waals surface area contributed by atoms with E-state index in [1.54, 1.807) is 0 Å². The average Bonchev–Trinajstić information content (AvgIpc) is 2.38. The van der Waals surface area contributed by atoms with Gasteiger partial charge in [0.1, 0.15) is 11.7 Å². The Morgan fingerprint density at radius 2 is 2.11 bits per heavy atom. The summed E-state index contributed by atoms with van der Waals surface area (Å²) in [4.78, 5) is 23.3. The molecule has 0 spiro atoms. The summed E-state index contributed by atoms with van der Waals surface area (Å²) in [5.41, 5.74) is 0. The molecule has 2 aliphatic rings. The summed E-state index contributed by atoms with van der Waals surface area (Å²) in [6, 6.07) is 0. The highest BCUT2D eigenvalue weighted by molar-refractivity contribution is 5.93. The summed E-state index contributed by atoms with van der Waals surface area (Å²) < 4.78 is 10.0. The van der Waals surface area contributed by atoms with Crippen molar-refractivity contribution in [2.24, 2.45) is 17.8 Å². The van der Waals surface area contributed by atoms with Crippen molar-refractivity contribution in [2.75, 3.05) is 20.3 Å². The van der Waals surface area contributed by atoms with Crippen molar-refractivity contribution >= 4 is 11.8 Å². The Morgan fingerprint density at radius 1 is 1.44 bits per heavy atom. The predicted octanol–water partition coefficient (Wildman–Crippen LogP) is 1.23. The van der Waals surface area contributed by atoms with E-state index in [0.717, 1.165) is 18.9 Å². The maximum Gasteiger partial charge on any atom is 0.316 e. The Kier molecular flexibility index (Phi) is 4.01. The van der Waals surface area contributed by atoms with Gasteiger partial charge in [-0.05, 0) is 24.7 Å². The molecular formula is C13H18O5. The first-order valence-electron chi connectivity index (χ1n) is 6.22.